The van der Waals surface area contributed by atoms with Gasteiger partial charge in [-0.05, 0) is 18.2 Å². The van der Waals surface area contributed by atoms with Crippen molar-refractivity contribution < 1.29 is 9.15 Å². The van der Waals surface area contributed by atoms with Gasteiger partial charge in [0.25, 0.3) is 0 Å². The molecule has 1 aromatic heterocycles. The van der Waals surface area contributed by atoms with Crippen LogP contribution in [-0.4, -0.2) is 20.1 Å². The molecule has 2 N–H and O–H groups in total. The summed E-state index contributed by atoms with van der Waals surface area (Å²) in [6.45, 7) is 1.24. The Labute approximate surface area is 141 Å². The Kier molecular flexibility index (Phi) is 7.66. The second-order valence-corrected chi connectivity index (χ2v) is 4.17. The molecule has 5 nitrogen and oxygen atoms in total. The second-order valence-electron chi connectivity index (χ2n) is 4.17. The van der Waals surface area contributed by atoms with Gasteiger partial charge in [-0.15, -0.1) is 24.0 Å². The smallest absolute Gasteiger partial charge is 0.191 e. The SMILES string of the molecule is CN=C(NCc1ccco1)NCc1ccccc1OC.I. The van der Waals surface area contributed by atoms with Crippen LogP contribution in [0.25, 0.3) is 0 Å². The number of ether oxygens (including phenoxy) is 1. The molecule has 0 unspecified atom stereocenters. The molecule has 1 aromatic carbocycles. The number of para-hydroxylation sites is 1. The number of nitrogens with one attached hydrogen (secondary N) is 2. The molecule has 0 saturated heterocycles. The van der Waals surface area contributed by atoms with Crippen LogP contribution >= 0.6 is 24.0 Å². The fourth-order valence-electron chi connectivity index (χ4n) is 1.83. The molecule has 0 aliphatic rings. The van der Waals surface area contributed by atoms with Crippen LogP contribution in [0.1, 0.15) is 11.3 Å². The van der Waals surface area contributed by atoms with E-state index in [4.69, 9.17) is 9.15 Å². The third-order valence-electron chi connectivity index (χ3n) is 2.87. The Morgan fingerprint density at radius 1 is 1.14 bits per heavy atom. The minimum atomic E-state index is 0. The van der Waals surface area contributed by atoms with Gasteiger partial charge in [-0.1, -0.05) is 18.2 Å². The van der Waals surface area contributed by atoms with E-state index in [1.165, 1.54) is 0 Å². The fourth-order valence-corrected chi connectivity index (χ4v) is 1.83. The van der Waals surface area contributed by atoms with Gasteiger partial charge in [-0.2, -0.15) is 0 Å². The number of halogens is 1. The summed E-state index contributed by atoms with van der Waals surface area (Å²) in [5.74, 6) is 2.44. The first-order valence-electron chi connectivity index (χ1n) is 6.42. The van der Waals surface area contributed by atoms with Crippen LogP contribution in [0, 0.1) is 0 Å². The molecule has 0 atom stereocenters. The summed E-state index contributed by atoms with van der Waals surface area (Å²) in [4.78, 5) is 4.17. The summed E-state index contributed by atoms with van der Waals surface area (Å²) in [6.07, 6.45) is 1.65. The molecule has 0 bridgehead atoms. The van der Waals surface area contributed by atoms with Crippen molar-refractivity contribution >= 4 is 29.9 Å². The van der Waals surface area contributed by atoms with Crippen LogP contribution < -0.4 is 15.4 Å². The summed E-state index contributed by atoms with van der Waals surface area (Å²) < 4.78 is 10.6. The molecule has 114 valence electrons. The Hall–Kier alpha value is -1.70. The number of aliphatic imine (C=N–C) groups is 1. The Morgan fingerprint density at radius 3 is 2.57 bits per heavy atom. The minimum Gasteiger partial charge on any atom is -0.496 e. The summed E-state index contributed by atoms with van der Waals surface area (Å²) in [6, 6.07) is 11.7. The first-order chi connectivity index (χ1) is 9.83. The third kappa shape index (κ3) is 5.30. The van der Waals surface area contributed by atoms with E-state index in [0.717, 1.165) is 17.1 Å². The van der Waals surface area contributed by atoms with Gasteiger partial charge in [0.1, 0.15) is 11.5 Å². The van der Waals surface area contributed by atoms with Gasteiger partial charge in [0.05, 0.1) is 19.9 Å². The van der Waals surface area contributed by atoms with E-state index in [1.807, 2.05) is 36.4 Å². The number of nitrogens with zero attached hydrogens (tertiary/aromatic N) is 1. The fraction of sp³-hybridized carbons (Fsp3) is 0.267. The molecule has 2 aromatic rings. The molecule has 6 heteroatoms. The second kappa shape index (κ2) is 9.28. The number of guanidine groups is 1. The van der Waals surface area contributed by atoms with Crippen molar-refractivity contribution in [2.45, 2.75) is 13.1 Å². The number of methoxy groups -OCH3 is 1. The van der Waals surface area contributed by atoms with Gasteiger partial charge >= 0.3 is 0 Å². The van der Waals surface area contributed by atoms with Gasteiger partial charge in [0.2, 0.25) is 0 Å². The number of hydrogen-bond acceptors (Lipinski definition) is 3. The van der Waals surface area contributed by atoms with Gasteiger partial charge in [-0.25, -0.2) is 0 Å². The van der Waals surface area contributed by atoms with Crippen molar-refractivity contribution in [3.8, 4) is 5.75 Å². The van der Waals surface area contributed by atoms with Crippen LogP contribution in [0.3, 0.4) is 0 Å². The van der Waals surface area contributed by atoms with Crippen LogP contribution in [0.2, 0.25) is 0 Å². The average molecular weight is 401 g/mol. The van der Waals surface area contributed by atoms with Crippen LogP contribution in [0.15, 0.2) is 52.1 Å². The highest BCUT2D eigenvalue weighted by atomic mass is 127. The molecule has 0 spiro atoms. The highest BCUT2D eigenvalue weighted by molar-refractivity contribution is 14.0. The van der Waals surface area contributed by atoms with Crippen molar-refractivity contribution in [3.63, 3.8) is 0 Å². The molecule has 0 amide bonds. The summed E-state index contributed by atoms with van der Waals surface area (Å²) in [7, 11) is 3.41. The monoisotopic (exact) mass is 401 g/mol. The van der Waals surface area contributed by atoms with E-state index in [0.29, 0.717) is 19.0 Å². The third-order valence-corrected chi connectivity index (χ3v) is 2.87. The number of furan rings is 1. The minimum absolute atomic E-state index is 0. The molecular formula is C15H20IN3O2. The number of hydrogen-bond donors (Lipinski definition) is 2. The standard InChI is InChI=1S/C15H19N3O2.HI/c1-16-15(18-11-13-7-5-9-20-13)17-10-12-6-3-4-8-14(12)19-2;/h3-9H,10-11H2,1-2H3,(H2,16,17,18);1H. The lowest BCUT2D eigenvalue weighted by molar-refractivity contribution is 0.409. The van der Waals surface area contributed by atoms with Crippen LogP contribution in [0.5, 0.6) is 5.75 Å². The highest BCUT2D eigenvalue weighted by Gasteiger charge is 2.03. The maximum absolute atomic E-state index is 5.31. The molecule has 0 radical (unpaired) electrons. The molecule has 0 aliphatic carbocycles. The van der Waals surface area contributed by atoms with Gasteiger partial charge in [0.15, 0.2) is 5.96 Å². The maximum Gasteiger partial charge on any atom is 0.191 e. The lowest BCUT2D eigenvalue weighted by Crippen LogP contribution is -2.36. The molecular weight excluding hydrogens is 381 g/mol. The Bertz CT molecular complexity index is 556. The lowest BCUT2D eigenvalue weighted by Gasteiger charge is -2.13. The normalized spacial score (nSPS) is 10.7. The van der Waals surface area contributed by atoms with E-state index < -0.39 is 0 Å². The molecule has 0 saturated carbocycles. The molecule has 0 fully saturated rings. The van der Waals surface area contributed by atoms with E-state index in [1.54, 1.807) is 20.4 Å². The zero-order valence-electron chi connectivity index (χ0n) is 12.1. The van der Waals surface area contributed by atoms with Gasteiger partial charge < -0.3 is 19.8 Å². The Balaban J connectivity index is 0.00000220. The van der Waals surface area contributed by atoms with Crippen molar-refractivity contribution in [1.29, 1.82) is 0 Å². The van der Waals surface area contributed by atoms with Crippen molar-refractivity contribution in [2.24, 2.45) is 4.99 Å². The predicted octanol–water partition coefficient (Wildman–Crippen LogP) is 2.77. The summed E-state index contributed by atoms with van der Waals surface area (Å²) >= 11 is 0. The van der Waals surface area contributed by atoms with Gasteiger partial charge in [-0.3, -0.25) is 4.99 Å². The van der Waals surface area contributed by atoms with Crippen molar-refractivity contribution in [3.05, 3.63) is 54.0 Å². The van der Waals surface area contributed by atoms with Gasteiger partial charge in [0, 0.05) is 19.2 Å². The molecule has 0 aliphatic heterocycles. The van der Waals surface area contributed by atoms with E-state index in [9.17, 15) is 0 Å². The molecule has 21 heavy (non-hydrogen) atoms. The van der Waals surface area contributed by atoms with E-state index >= 15 is 0 Å². The Morgan fingerprint density at radius 2 is 1.90 bits per heavy atom. The van der Waals surface area contributed by atoms with Crippen molar-refractivity contribution in [1.82, 2.24) is 10.6 Å². The number of rotatable bonds is 5. The van der Waals surface area contributed by atoms with E-state index in [2.05, 4.69) is 15.6 Å². The number of benzene rings is 1. The highest BCUT2D eigenvalue weighted by Crippen LogP contribution is 2.16. The van der Waals surface area contributed by atoms with Crippen LogP contribution in [-0.2, 0) is 13.1 Å². The topological polar surface area (TPSA) is 58.8 Å². The first kappa shape index (κ1) is 17.4. The molecule has 2 rings (SSSR count). The van der Waals surface area contributed by atoms with E-state index in [-0.39, 0.29) is 24.0 Å². The lowest BCUT2D eigenvalue weighted by atomic mass is 10.2. The first-order valence-corrected chi connectivity index (χ1v) is 6.42. The zero-order chi connectivity index (χ0) is 14.2. The largest absolute Gasteiger partial charge is 0.496 e. The van der Waals surface area contributed by atoms with Crippen LogP contribution in [0.4, 0.5) is 0 Å². The average Bonchev–Trinajstić information content (AvgIpc) is 3.01. The van der Waals surface area contributed by atoms with Crippen molar-refractivity contribution in [2.75, 3.05) is 14.2 Å². The predicted molar refractivity (Wildman–Crippen MR) is 94.2 cm³/mol. The summed E-state index contributed by atoms with van der Waals surface area (Å²) in [5.41, 5.74) is 1.08. The zero-order valence-corrected chi connectivity index (χ0v) is 14.5. The molecule has 1 heterocycles. The maximum atomic E-state index is 5.31. The summed E-state index contributed by atoms with van der Waals surface area (Å²) in [5, 5.41) is 6.42. The quantitative estimate of drug-likeness (QED) is 0.460.